The summed E-state index contributed by atoms with van der Waals surface area (Å²) in [7, 11) is 0. The van der Waals surface area contributed by atoms with Crippen molar-refractivity contribution in [3.05, 3.63) is 12.3 Å². The van der Waals surface area contributed by atoms with Crippen molar-refractivity contribution < 1.29 is 4.74 Å². The molecule has 0 amide bonds. The fraction of sp³-hybridized carbons (Fsp3) is 0.733. The van der Waals surface area contributed by atoms with Crippen LogP contribution in [0.5, 0.6) is 5.88 Å². The van der Waals surface area contributed by atoms with Crippen LogP contribution in [0.15, 0.2) is 12.3 Å². The van der Waals surface area contributed by atoms with Crippen molar-refractivity contribution in [2.24, 2.45) is 0 Å². The SMILES string of the molecule is CCCCCCC(C)Oc1ccnc(NCCC)n1. The number of hydrogen-bond acceptors (Lipinski definition) is 4. The number of rotatable bonds is 10. The fourth-order valence-electron chi connectivity index (χ4n) is 1.85. The van der Waals surface area contributed by atoms with Gasteiger partial charge in [0.1, 0.15) is 0 Å². The lowest BCUT2D eigenvalue weighted by Gasteiger charge is -2.14. The van der Waals surface area contributed by atoms with Crippen LogP contribution in [0.25, 0.3) is 0 Å². The third kappa shape index (κ3) is 6.99. The average molecular weight is 265 g/mol. The van der Waals surface area contributed by atoms with E-state index < -0.39 is 0 Å². The zero-order valence-corrected chi connectivity index (χ0v) is 12.5. The zero-order valence-electron chi connectivity index (χ0n) is 12.5. The number of nitrogens with zero attached hydrogens (tertiary/aromatic N) is 2. The molecule has 0 spiro atoms. The van der Waals surface area contributed by atoms with Crippen LogP contribution in [-0.2, 0) is 0 Å². The summed E-state index contributed by atoms with van der Waals surface area (Å²) in [5.74, 6) is 1.31. The Morgan fingerprint density at radius 2 is 2.05 bits per heavy atom. The highest BCUT2D eigenvalue weighted by atomic mass is 16.5. The standard InChI is InChI=1S/C15H27N3O/c1-4-6-7-8-9-13(3)19-14-10-12-17-15(18-14)16-11-5-2/h10,12-13H,4-9,11H2,1-3H3,(H,16,17,18). The van der Waals surface area contributed by atoms with Crippen LogP contribution in [0, 0.1) is 0 Å². The summed E-state index contributed by atoms with van der Waals surface area (Å²) in [6.07, 6.45) is 9.19. The van der Waals surface area contributed by atoms with Gasteiger partial charge in [-0.15, -0.1) is 0 Å². The molecule has 0 saturated carbocycles. The van der Waals surface area contributed by atoms with Crippen LogP contribution in [-0.4, -0.2) is 22.6 Å². The van der Waals surface area contributed by atoms with E-state index in [4.69, 9.17) is 4.74 Å². The Morgan fingerprint density at radius 3 is 2.79 bits per heavy atom. The molecule has 4 nitrogen and oxygen atoms in total. The summed E-state index contributed by atoms with van der Waals surface area (Å²) in [5, 5.41) is 3.17. The molecule has 108 valence electrons. The van der Waals surface area contributed by atoms with Crippen molar-refractivity contribution in [3.63, 3.8) is 0 Å². The first kappa shape index (κ1) is 15.7. The molecular formula is C15H27N3O. The van der Waals surface area contributed by atoms with Crippen molar-refractivity contribution in [1.29, 1.82) is 0 Å². The maximum Gasteiger partial charge on any atom is 0.225 e. The first-order chi connectivity index (χ1) is 9.26. The number of anilines is 1. The van der Waals surface area contributed by atoms with Gasteiger partial charge in [-0.1, -0.05) is 33.1 Å². The van der Waals surface area contributed by atoms with E-state index in [1.54, 1.807) is 6.20 Å². The van der Waals surface area contributed by atoms with E-state index in [-0.39, 0.29) is 6.10 Å². The summed E-state index contributed by atoms with van der Waals surface area (Å²) >= 11 is 0. The zero-order chi connectivity index (χ0) is 13.9. The summed E-state index contributed by atoms with van der Waals surface area (Å²) in [6.45, 7) is 7.33. The molecule has 1 N–H and O–H groups in total. The number of nitrogens with one attached hydrogen (secondary N) is 1. The quantitative estimate of drug-likeness (QED) is 0.649. The Morgan fingerprint density at radius 1 is 1.21 bits per heavy atom. The summed E-state index contributed by atoms with van der Waals surface area (Å²) < 4.78 is 5.82. The molecule has 0 fully saturated rings. The average Bonchev–Trinajstić information content (AvgIpc) is 2.42. The maximum absolute atomic E-state index is 5.82. The van der Waals surface area contributed by atoms with Crippen LogP contribution in [0.1, 0.15) is 59.3 Å². The van der Waals surface area contributed by atoms with Crippen molar-refractivity contribution in [2.75, 3.05) is 11.9 Å². The van der Waals surface area contributed by atoms with Crippen LogP contribution >= 0.6 is 0 Å². The molecule has 1 aromatic heterocycles. The van der Waals surface area contributed by atoms with E-state index in [1.165, 1.54) is 25.7 Å². The highest BCUT2D eigenvalue weighted by Gasteiger charge is 2.06. The molecule has 0 saturated heterocycles. The van der Waals surface area contributed by atoms with Gasteiger partial charge in [-0.2, -0.15) is 4.98 Å². The molecule has 0 aliphatic rings. The first-order valence-corrected chi connectivity index (χ1v) is 7.49. The third-order valence-corrected chi connectivity index (χ3v) is 2.95. The largest absolute Gasteiger partial charge is 0.475 e. The Balaban J connectivity index is 2.34. The Kier molecular flexibility index (Phi) is 7.94. The smallest absolute Gasteiger partial charge is 0.225 e. The number of hydrogen-bond donors (Lipinski definition) is 1. The molecule has 0 aromatic carbocycles. The fourth-order valence-corrected chi connectivity index (χ4v) is 1.85. The van der Waals surface area contributed by atoms with E-state index in [0.29, 0.717) is 11.8 Å². The predicted octanol–water partition coefficient (Wildman–Crippen LogP) is 4.04. The molecule has 19 heavy (non-hydrogen) atoms. The minimum Gasteiger partial charge on any atom is -0.475 e. The minimum absolute atomic E-state index is 0.214. The number of unbranched alkanes of at least 4 members (excludes halogenated alkanes) is 3. The third-order valence-electron chi connectivity index (χ3n) is 2.95. The Bertz CT molecular complexity index is 344. The van der Waals surface area contributed by atoms with Gasteiger partial charge in [0, 0.05) is 18.8 Å². The maximum atomic E-state index is 5.82. The van der Waals surface area contributed by atoms with Gasteiger partial charge in [-0.3, -0.25) is 0 Å². The Labute approximate surface area is 117 Å². The van der Waals surface area contributed by atoms with E-state index >= 15 is 0 Å². The summed E-state index contributed by atoms with van der Waals surface area (Å²) in [5.41, 5.74) is 0. The minimum atomic E-state index is 0.214. The molecule has 0 aliphatic carbocycles. The molecule has 0 bridgehead atoms. The lowest BCUT2D eigenvalue weighted by molar-refractivity contribution is 0.198. The summed E-state index contributed by atoms with van der Waals surface area (Å²) in [6, 6.07) is 1.82. The molecule has 0 radical (unpaired) electrons. The second kappa shape index (κ2) is 9.59. The first-order valence-electron chi connectivity index (χ1n) is 7.49. The monoisotopic (exact) mass is 265 g/mol. The van der Waals surface area contributed by atoms with Crippen LogP contribution in [0.2, 0.25) is 0 Å². The highest BCUT2D eigenvalue weighted by Crippen LogP contribution is 2.14. The van der Waals surface area contributed by atoms with Crippen molar-refractivity contribution in [2.45, 2.75) is 65.4 Å². The van der Waals surface area contributed by atoms with Crippen molar-refractivity contribution in [3.8, 4) is 5.88 Å². The van der Waals surface area contributed by atoms with Crippen LogP contribution in [0.4, 0.5) is 5.95 Å². The topological polar surface area (TPSA) is 47.0 Å². The molecule has 1 heterocycles. The van der Waals surface area contributed by atoms with Crippen LogP contribution in [0.3, 0.4) is 0 Å². The van der Waals surface area contributed by atoms with E-state index in [1.807, 2.05) is 6.07 Å². The second-order valence-electron chi connectivity index (χ2n) is 4.92. The van der Waals surface area contributed by atoms with Gasteiger partial charge in [0.05, 0.1) is 6.10 Å². The summed E-state index contributed by atoms with van der Waals surface area (Å²) in [4.78, 5) is 8.52. The van der Waals surface area contributed by atoms with Gasteiger partial charge in [0.25, 0.3) is 0 Å². The van der Waals surface area contributed by atoms with Gasteiger partial charge in [0.15, 0.2) is 0 Å². The molecule has 1 rings (SSSR count). The van der Waals surface area contributed by atoms with E-state index in [0.717, 1.165) is 19.4 Å². The van der Waals surface area contributed by atoms with E-state index in [2.05, 4.69) is 36.1 Å². The molecule has 4 heteroatoms. The van der Waals surface area contributed by atoms with Crippen molar-refractivity contribution in [1.82, 2.24) is 9.97 Å². The molecule has 1 unspecified atom stereocenters. The lowest BCUT2D eigenvalue weighted by atomic mass is 10.1. The van der Waals surface area contributed by atoms with Crippen LogP contribution < -0.4 is 10.1 Å². The lowest BCUT2D eigenvalue weighted by Crippen LogP contribution is -2.13. The van der Waals surface area contributed by atoms with Gasteiger partial charge in [0.2, 0.25) is 11.8 Å². The molecule has 0 aliphatic heterocycles. The van der Waals surface area contributed by atoms with Crippen molar-refractivity contribution >= 4 is 5.95 Å². The highest BCUT2D eigenvalue weighted by molar-refractivity contribution is 5.27. The number of aromatic nitrogens is 2. The van der Waals surface area contributed by atoms with Gasteiger partial charge >= 0.3 is 0 Å². The predicted molar refractivity (Wildman–Crippen MR) is 79.7 cm³/mol. The van der Waals surface area contributed by atoms with E-state index in [9.17, 15) is 0 Å². The Hall–Kier alpha value is -1.32. The molecule has 1 atom stereocenters. The molecule has 1 aromatic rings. The normalized spacial score (nSPS) is 12.2. The van der Waals surface area contributed by atoms with Gasteiger partial charge in [-0.05, 0) is 26.2 Å². The van der Waals surface area contributed by atoms with Gasteiger partial charge < -0.3 is 10.1 Å². The molecular weight excluding hydrogens is 238 g/mol. The second-order valence-corrected chi connectivity index (χ2v) is 4.92. The van der Waals surface area contributed by atoms with Gasteiger partial charge in [-0.25, -0.2) is 4.98 Å². The number of ether oxygens (including phenoxy) is 1.